The maximum atomic E-state index is 11.9. The van der Waals surface area contributed by atoms with Gasteiger partial charge in [-0.05, 0) is 30.3 Å². The second-order valence-electron chi connectivity index (χ2n) is 5.43. The Morgan fingerprint density at radius 3 is 2.52 bits per heavy atom. The highest BCUT2D eigenvalue weighted by Gasteiger charge is 2.15. The lowest BCUT2D eigenvalue weighted by molar-refractivity contribution is 0.0601. The molecule has 0 atom stereocenters. The molecule has 0 radical (unpaired) electrons. The summed E-state index contributed by atoms with van der Waals surface area (Å²) < 4.78 is 10.5. The Morgan fingerprint density at radius 1 is 1.00 bits per heavy atom. The molecule has 7 heteroatoms. The van der Waals surface area contributed by atoms with E-state index in [0.717, 1.165) is 0 Å². The minimum absolute atomic E-state index is 0.401. The Hall–Kier alpha value is -3.87. The van der Waals surface area contributed by atoms with Gasteiger partial charge in [0, 0.05) is 11.3 Å². The van der Waals surface area contributed by atoms with Gasteiger partial charge in [-0.15, -0.1) is 0 Å². The Morgan fingerprint density at radius 2 is 1.74 bits per heavy atom. The predicted octanol–water partition coefficient (Wildman–Crippen LogP) is 3.89. The standard InChI is InChI=1S/C20H17N3O4/c1-26-19(24)17-10-6-5-9-16(17)18-12-11-15(27-18)13-21-23-20(25)22-14-7-3-2-4-8-14/h2-13H,1H3,(H2,22,23,25)/b21-13+. The molecular weight excluding hydrogens is 346 g/mol. The van der Waals surface area contributed by atoms with E-state index in [1.54, 1.807) is 48.5 Å². The number of hydrogen-bond donors (Lipinski definition) is 2. The van der Waals surface area contributed by atoms with E-state index in [1.165, 1.54) is 13.3 Å². The second-order valence-corrected chi connectivity index (χ2v) is 5.43. The Labute approximate surface area is 155 Å². The third-order valence-corrected chi connectivity index (χ3v) is 3.61. The van der Waals surface area contributed by atoms with Gasteiger partial charge >= 0.3 is 12.0 Å². The Kier molecular flexibility index (Phi) is 5.64. The molecule has 0 saturated heterocycles. The molecule has 2 N–H and O–H groups in total. The van der Waals surface area contributed by atoms with Gasteiger partial charge in [0.05, 0.1) is 18.9 Å². The topological polar surface area (TPSA) is 92.9 Å². The molecule has 1 aromatic heterocycles. The highest BCUT2D eigenvalue weighted by Crippen LogP contribution is 2.25. The molecule has 0 bridgehead atoms. The Bertz CT molecular complexity index is 964. The van der Waals surface area contributed by atoms with E-state index in [0.29, 0.717) is 28.3 Å². The maximum absolute atomic E-state index is 11.9. The van der Waals surface area contributed by atoms with Crippen LogP contribution in [0.25, 0.3) is 11.3 Å². The molecule has 0 aliphatic carbocycles. The molecule has 0 saturated carbocycles. The number of esters is 1. The van der Waals surface area contributed by atoms with E-state index in [4.69, 9.17) is 9.15 Å². The van der Waals surface area contributed by atoms with Crippen molar-refractivity contribution in [1.29, 1.82) is 0 Å². The summed E-state index contributed by atoms with van der Waals surface area (Å²) in [6.45, 7) is 0. The quantitative estimate of drug-likeness (QED) is 0.409. The average molecular weight is 363 g/mol. The molecule has 0 aliphatic rings. The molecule has 27 heavy (non-hydrogen) atoms. The van der Waals surface area contributed by atoms with Gasteiger partial charge in [0.15, 0.2) is 0 Å². The molecule has 0 unspecified atom stereocenters. The number of furan rings is 1. The highest BCUT2D eigenvalue weighted by atomic mass is 16.5. The number of nitrogens with zero attached hydrogens (tertiary/aromatic N) is 1. The number of ether oxygens (including phenoxy) is 1. The first-order chi connectivity index (χ1) is 13.2. The zero-order chi connectivity index (χ0) is 19.1. The van der Waals surface area contributed by atoms with Crippen molar-refractivity contribution in [3.8, 4) is 11.3 Å². The van der Waals surface area contributed by atoms with Gasteiger partial charge in [0.2, 0.25) is 0 Å². The molecule has 0 aliphatic heterocycles. The van der Waals surface area contributed by atoms with Crippen LogP contribution in [-0.4, -0.2) is 25.3 Å². The zero-order valence-corrected chi connectivity index (χ0v) is 14.5. The number of methoxy groups -OCH3 is 1. The SMILES string of the molecule is COC(=O)c1ccccc1-c1ccc(/C=N/NC(=O)Nc2ccccc2)o1. The molecular formula is C20H17N3O4. The van der Waals surface area contributed by atoms with Crippen LogP contribution in [0, 0.1) is 0 Å². The summed E-state index contributed by atoms with van der Waals surface area (Å²) in [5.41, 5.74) is 4.02. The van der Waals surface area contributed by atoms with E-state index in [-0.39, 0.29) is 0 Å². The third-order valence-electron chi connectivity index (χ3n) is 3.61. The fraction of sp³-hybridized carbons (Fsp3) is 0.0500. The average Bonchev–Trinajstić information content (AvgIpc) is 3.17. The largest absolute Gasteiger partial charge is 0.465 e. The lowest BCUT2D eigenvalue weighted by Crippen LogP contribution is -2.24. The van der Waals surface area contributed by atoms with Gasteiger partial charge < -0.3 is 14.5 Å². The summed E-state index contributed by atoms with van der Waals surface area (Å²) in [6, 6.07) is 18.9. The van der Waals surface area contributed by atoms with Crippen molar-refractivity contribution in [3.63, 3.8) is 0 Å². The third kappa shape index (κ3) is 4.60. The minimum Gasteiger partial charge on any atom is -0.465 e. The number of nitrogens with one attached hydrogen (secondary N) is 2. The van der Waals surface area contributed by atoms with Crippen molar-refractivity contribution in [2.45, 2.75) is 0 Å². The summed E-state index contributed by atoms with van der Waals surface area (Å²) in [6.07, 6.45) is 1.37. The van der Waals surface area contributed by atoms with Gasteiger partial charge in [0.1, 0.15) is 11.5 Å². The molecule has 2 amide bonds. The summed E-state index contributed by atoms with van der Waals surface area (Å²) in [4.78, 5) is 23.6. The van der Waals surface area contributed by atoms with Crippen LogP contribution in [0.4, 0.5) is 10.5 Å². The number of anilines is 1. The number of hydrogen-bond acceptors (Lipinski definition) is 5. The van der Waals surface area contributed by atoms with Crippen LogP contribution >= 0.6 is 0 Å². The van der Waals surface area contributed by atoms with Crippen molar-refractivity contribution in [3.05, 3.63) is 78.1 Å². The monoisotopic (exact) mass is 363 g/mol. The second kappa shape index (κ2) is 8.48. The number of amides is 2. The first-order valence-electron chi connectivity index (χ1n) is 8.10. The lowest BCUT2D eigenvalue weighted by Gasteiger charge is -2.04. The molecule has 0 spiro atoms. The number of para-hydroxylation sites is 1. The van der Waals surface area contributed by atoms with E-state index in [9.17, 15) is 9.59 Å². The summed E-state index contributed by atoms with van der Waals surface area (Å²) >= 11 is 0. The number of urea groups is 1. The summed E-state index contributed by atoms with van der Waals surface area (Å²) in [5, 5.41) is 6.49. The number of carbonyl (C=O) groups excluding carboxylic acids is 2. The summed E-state index contributed by atoms with van der Waals surface area (Å²) in [7, 11) is 1.32. The minimum atomic E-state index is -0.472. The van der Waals surface area contributed by atoms with Crippen LogP contribution in [0.2, 0.25) is 0 Å². The van der Waals surface area contributed by atoms with Gasteiger partial charge in [0.25, 0.3) is 0 Å². The number of carbonyl (C=O) groups is 2. The van der Waals surface area contributed by atoms with E-state index in [1.807, 2.05) is 18.2 Å². The highest BCUT2D eigenvalue weighted by molar-refractivity contribution is 5.96. The van der Waals surface area contributed by atoms with Crippen LogP contribution in [0.3, 0.4) is 0 Å². The van der Waals surface area contributed by atoms with Crippen LogP contribution in [-0.2, 0) is 4.74 Å². The first kappa shape index (κ1) is 17.9. The van der Waals surface area contributed by atoms with E-state index < -0.39 is 12.0 Å². The molecule has 1 heterocycles. The predicted molar refractivity (Wildman–Crippen MR) is 102 cm³/mol. The number of benzene rings is 2. The molecule has 0 fully saturated rings. The molecule has 3 rings (SSSR count). The smallest absolute Gasteiger partial charge is 0.339 e. The van der Waals surface area contributed by atoms with Crippen LogP contribution < -0.4 is 10.7 Å². The van der Waals surface area contributed by atoms with Crippen molar-refractivity contribution < 1.29 is 18.7 Å². The van der Waals surface area contributed by atoms with Crippen LogP contribution in [0.5, 0.6) is 0 Å². The van der Waals surface area contributed by atoms with Crippen molar-refractivity contribution in [1.82, 2.24) is 5.43 Å². The number of rotatable bonds is 5. The summed E-state index contributed by atoms with van der Waals surface area (Å²) in [5.74, 6) is 0.465. The van der Waals surface area contributed by atoms with E-state index in [2.05, 4.69) is 15.8 Å². The first-order valence-corrected chi connectivity index (χ1v) is 8.10. The van der Waals surface area contributed by atoms with Gasteiger partial charge in [-0.1, -0.05) is 36.4 Å². The molecule has 3 aromatic rings. The van der Waals surface area contributed by atoms with Gasteiger partial charge in [-0.25, -0.2) is 15.0 Å². The molecule has 7 nitrogen and oxygen atoms in total. The van der Waals surface area contributed by atoms with E-state index >= 15 is 0 Å². The van der Waals surface area contributed by atoms with Crippen molar-refractivity contribution >= 4 is 23.9 Å². The number of hydrazone groups is 1. The van der Waals surface area contributed by atoms with Crippen LogP contribution in [0.15, 0.2) is 76.2 Å². The lowest BCUT2D eigenvalue weighted by atomic mass is 10.1. The zero-order valence-electron chi connectivity index (χ0n) is 14.5. The Balaban J connectivity index is 1.65. The van der Waals surface area contributed by atoms with Crippen molar-refractivity contribution in [2.75, 3.05) is 12.4 Å². The maximum Gasteiger partial charge on any atom is 0.339 e. The van der Waals surface area contributed by atoms with Crippen LogP contribution in [0.1, 0.15) is 16.1 Å². The van der Waals surface area contributed by atoms with Gasteiger partial charge in [-0.3, -0.25) is 0 Å². The molecule has 136 valence electrons. The van der Waals surface area contributed by atoms with Crippen molar-refractivity contribution in [2.24, 2.45) is 5.10 Å². The molecule has 2 aromatic carbocycles. The normalized spacial score (nSPS) is 10.6. The fourth-order valence-corrected chi connectivity index (χ4v) is 2.39. The fourth-order valence-electron chi connectivity index (χ4n) is 2.39. The van der Waals surface area contributed by atoms with Gasteiger partial charge in [-0.2, -0.15) is 5.10 Å².